The van der Waals surface area contributed by atoms with Gasteiger partial charge in [0.25, 0.3) is 5.91 Å². The topological polar surface area (TPSA) is 111 Å². The first-order valence-electron chi connectivity index (χ1n) is 9.70. The predicted molar refractivity (Wildman–Crippen MR) is 107 cm³/mol. The monoisotopic (exact) mass is 422 g/mol. The molecule has 1 aliphatic heterocycles. The lowest BCUT2D eigenvalue weighted by Crippen LogP contribution is -2.45. The minimum absolute atomic E-state index is 0.0385. The molecule has 10 heteroatoms. The zero-order valence-electron chi connectivity index (χ0n) is 16.9. The maximum Gasteiger partial charge on any atom is 0.338 e. The molecule has 1 fully saturated rings. The molecule has 0 spiro atoms. The van der Waals surface area contributed by atoms with E-state index in [0.717, 1.165) is 5.52 Å². The van der Waals surface area contributed by atoms with Crippen LogP contribution in [0.3, 0.4) is 0 Å². The lowest BCUT2D eigenvalue weighted by Gasteiger charge is -2.29. The number of hydrogen-bond donors (Lipinski definition) is 0. The molecule has 2 heterocycles. The highest BCUT2D eigenvalue weighted by atomic mass is 32.2. The van der Waals surface area contributed by atoms with Crippen LogP contribution in [0.25, 0.3) is 11.0 Å². The number of amides is 1. The summed E-state index contributed by atoms with van der Waals surface area (Å²) in [4.78, 5) is 26.6. The Balaban J connectivity index is 1.66. The maximum atomic E-state index is 12.7. The smallest absolute Gasteiger partial charge is 0.338 e. The van der Waals surface area contributed by atoms with Crippen LogP contribution in [-0.2, 0) is 25.9 Å². The lowest BCUT2D eigenvalue weighted by atomic mass is 10.1. The summed E-state index contributed by atoms with van der Waals surface area (Å²) in [5.74, 6) is -0.801. The van der Waals surface area contributed by atoms with Gasteiger partial charge in [0, 0.05) is 19.1 Å². The number of rotatable bonds is 7. The third-order valence-corrected chi connectivity index (χ3v) is 6.66. The molecule has 0 bridgehead atoms. The van der Waals surface area contributed by atoms with Crippen LogP contribution >= 0.6 is 0 Å². The Morgan fingerprint density at radius 2 is 2.10 bits per heavy atom. The first-order valence-corrected chi connectivity index (χ1v) is 11.5. The number of carbonyl (C=O) groups is 2. The number of aromatic nitrogens is 3. The van der Waals surface area contributed by atoms with Gasteiger partial charge in [-0.25, -0.2) is 17.9 Å². The molecule has 1 aromatic heterocycles. The van der Waals surface area contributed by atoms with Gasteiger partial charge in [0.15, 0.2) is 16.4 Å². The van der Waals surface area contributed by atoms with Crippen molar-refractivity contribution in [3.63, 3.8) is 0 Å². The summed E-state index contributed by atoms with van der Waals surface area (Å²) < 4.78 is 30.5. The fraction of sp³-hybridized carbons (Fsp3) is 0.579. The highest BCUT2D eigenvalue weighted by Crippen LogP contribution is 2.20. The van der Waals surface area contributed by atoms with E-state index in [1.165, 1.54) is 0 Å². The van der Waals surface area contributed by atoms with Crippen molar-refractivity contribution in [2.45, 2.75) is 39.8 Å². The number of carbonyl (C=O) groups excluding carboxylic acids is 2. The Kier molecular flexibility index (Phi) is 6.21. The Labute approximate surface area is 169 Å². The van der Waals surface area contributed by atoms with Crippen LogP contribution in [-0.4, -0.2) is 70.9 Å². The molecule has 1 amide bonds. The molecule has 29 heavy (non-hydrogen) atoms. The van der Waals surface area contributed by atoms with Crippen molar-refractivity contribution in [1.82, 2.24) is 19.9 Å². The Bertz CT molecular complexity index is 1010. The SMILES string of the molecule is CCn1nnc2cc(C(=O)OCC(=O)N(CC(C)C)[C@@H]3CCS(=O)(=O)C3)ccc21. The number of aryl methyl sites for hydroxylation is 1. The van der Waals surface area contributed by atoms with Gasteiger partial charge in [-0.2, -0.15) is 0 Å². The second kappa shape index (κ2) is 8.48. The largest absolute Gasteiger partial charge is 0.452 e. The summed E-state index contributed by atoms with van der Waals surface area (Å²) in [6.07, 6.45) is 0.415. The van der Waals surface area contributed by atoms with Crippen LogP contribution in [0.4, 0.5) is 0 Å². The van der Waals surface area contributed by atoms with E-state index in [1.54, 1.807) is 27.8 Å². The molecule has 0 radical (unpaired) electrons. The molecule has 3 rings (SSSR count). The van der Waals surface area contributed by atoms with Crippen LogP contribution < -0.4 is 0 Å². The summed E-state index contributed by atoms with van der Waals surface area (Å²) in [5, 5.41) is 8.03. The average Bonchev–Trinajstić information content (AvgIpc) is 3.25. The predicted octanol–water partition coefficient (Wildman–Crippen LogP) is 1.28. The minimum Gasteiger partial charge on any atom is -0.452 e. The summed E-state index contributed by atoms with van der Waals surface area (Å²) in [6, 6.07) is 4.57. The summed E-state index contributed by atoms with van der Waals surface area (Å²) in [5.41, 5.74) is 1.67. The van der Waals surface area contributed by atoms with Gasteiger partial charge < -0.3 is 9.64 Å². The number of hydrogen-bond acceptors (Lipinski definition) is 7. The van der Waals surface area contributed by atoms with Gasteiger partial charge >= 0.3 is 5.97 Å². The third kappa shape index (κ3) is 4.92. The van der Waals surface area contributed by atoms with E-state index in [4.69, 9.17) is 4.74 Å². The van der Waals surface area contributed by atoms with Crippen molar-refractivity contribution in [1.29, 1.82) is 0 Å². The molecular weight excluding hydrogens is 396 g/mol. The first-order chi connectivity index (χ1) is 13.7. The molecule has 1 aromatic carbocycles. The Hall–Kier alpha value is -2.49. The highest BCUT2D eigenvalue weighted by molar-refractivity contribution is 7.91. The van der Waals surface area contributed by atoms with Gasteiger partial charge in [0.05, 0.1) is 22.6 Å². The Morgan fingerprint density at radius 1 is 1.34 bits per heavy atom. The molecule has 158 valence electrons. The van der Waals surface area contributed by atoms with E-state index in [0.29, 0.717) is 25.0 Å². The van der Waals surface area contributed by atoms with Gasteiger partial charge in [-0.05, 0) is 37.5 Å². The zero-order valence-corrected chi connectivity index (χ0v) is 17.7. The van der Waals surface area contributed by atoms with Gasteiger partial charge in [0.2, 0.25) is 0 Å². The lowest BCUT2D eigenvalue weighted by molar-refractivity contribution is -0.137. The number of fused-ring (bicyclic) bond motifs is 1. The van der Waals surface area contributed by atoms with Crippen molar-refractivity contribution >= 4 is 32.7 Å². The number of esters is 1. The van der Waals surface area contributed by atoms with Crippen molar-refractivity contribution in [3.05, 3.63) is 23.8 Å². The molecule has 1 aliphatic rings. The fourth-order valence-corrected chi connectivity index (χ4v) is 5.23. The van der Waals surface area contributed by atoms with Crippen LogP contribution in [0.1, 0.15) is 37.6 Å². The van der Waals surface area contributed by atoms with Crippen LogP contribution in [0.5, 0.6) is 0 Å². The second-order valence-electron chi connectivity index (χ2n) is 7.68. The van der Waals surface area contributed by atoms with E-state index in [9.17, 15) is 18.0 Å². The molecule has 0 unspecified atom stereocenters. The van der Waals surface area contributed by atoms with Gasteiger partial charge in [-0.15, -0.1) is 5.10 Å². The summed E-state index contributed by atoms with van der Waals surface area (Å²) >= 11 is 0. The van der Waals surface area contributed by atoms with Crippen LogP contribution in [0.15, 0.2) is 18.2 Å². The van der Waals surface area contributed by atoms with Gasteiger partial charge in [0.1, 0.15) is 5.52 Å². The minimum atomic E-state index is -3.12. The molecule has 0 N–H and O–H groups in total. The van der Waals surface area contributed by atoms with Crippen LogP contribution in [0, 0.1) is 5.92 Å². The normalized spacial score (nSPS) is 18.3. The average molecular weight is 423 g/mol. The maximum absolute atomic E-state index is 12.7. The van der Waals surface area contributed by atoms with Gasteiger partial charge in [-0.3, -0.25) is 4.79 Å². The molecule has 0 saturated carbocycles. The van der Waals surface area contributed by atoms with E-state index in [1.807, 2.05) is 20.8 Å². The molecular formula is C19H26N4O5S. The highest BCUT2D eigenvalue weighted by Gasteiger charge is 2.35. The van der Waals surface area contributed by atoms with E-state index < -0.39 is 22.4 Å². The molecule has 1 saturated heterocycles. The number of ether oxygens (including phenoxy) is 1. The zero-order chi connectivity index (χ0) is 21.2. The standard InChI is InChI=1S/C19H26N4O5S/c1-4-23-17-6-5-14(9-16(17)20-21-23)19(25)28-11-18(24)22(10-13(2)3)15-7-8-29(26,27)12-15/h5-6,9,13,15H,4,7-8,10-12H2,1-3H3/t15-/m1/s1. The molecule has 1 atom stereocenters. The summed E-state index contributed by atoms with van der Waals surface area (Å²) in [7, 11) is -3.12. The first kappa shape index (κ1) is 21.2. The number of benzene rings is 1. The van der Waals surface area contributed by atoms with Crippen molar-refractivity contribution in [2.75, 3.05) is 24.7 Å². The molecule has 2 aromatic rings. The quantitative estimate of drug-likeness (QED) is 0.618. The van der Waals surface area contributed by atoms with E-state index in [-0.39, 0.29) is 34.9 Å². The van der Waals surface area contributed by atoms with E-state index in [2.05, 4.69) is 10.3 Å². The van der Waals surface area contributed by atoms with Crippen LogP contribution in [0.2, 0.25) is 0 Å². The second-order valence-corrected chi connectivity index (χ2v) is 9.91. The van der Waals surface area contributed by atoms with Crippen molar-refractivity contribution in [3.8, 4) is 0 Å². The van der Waals surface area contributed by atoms with Gasteiger partial charge in [-0.1, -0.05) is 19.1 Å². The van der Waals surface area contributed by atoms with Crippen molar-refractivity contribution in [2.24, 2.45) is 5.92 Å². The summed E-state index contributed by atoms with van der Waals surface area (Å²) in [6.45, 7) is 6.51. The molecule has 9 nitrogen and oxygen atoms in total. The molecule has 0 aliphatic carbocycles. The third-order valence-electron chi connectivity index (χ3n) is 4.91. The van der Waals surface area contributed by atoms with Crippen molar-refractivity contribution < 1.29 is 22.7 Å². The number of nitrogens with zero attached hydrogens (tertiary/aromatic N) is 4. The Morgan fingerprint density at radius 3 is 2.72 bits per heavy atom. The number of sulfone groups is 1. The fourth-order valence-electron chi connectivity index (χ4n) is 3.50. The van der Waals surface area contributed by atoms with E-state index >= 15 is 0 Å².